The van der Waals surface area contributed by atoms with E-state index in [1.54, 1.807) is 0 Å². The smallest absolute Gasteiger partial charge is 0.125 e. The highest BCUT2D eigenvalue weighted by Crippen LogP contribution is 2.28. The molecular formula is C17H22O2. The van der Waals surface area contributed by atoms with Gasteiger partial charge in [0.2, 0.25) is 0 Å². The van der Waals surface area contributed by atoms with Crippen molar-refractivity contribution in [1.82, 2.24) is 0 Å². The van der Waals surface area contributed by atoms with Crippen molar-refractivity contribution in [3.63, 3.8) is 0 Å². The van der Waals surface area contributed by atoms with Crippen LogP contribution < -0.4 is 4.74 Å². The largest absolute Gasteiger partial charge is 0.493 e. The number of hydrogen-bond acceptors (Lipinski definition) is 2. The molecule has 0 amide bonds. The number of rotatable bonds is 7. The normalized spacial score (nSPS) is 10.8. The molecule has 0 atom stereocenters. The van der Waals surface area contributed by atoms with Crippen molar-refractivity contribution in [2.24, 2.45) is 0 Å². The summed E-state index contributed by atoms with van der Waals surface area (Å²) in [5.74, 6) is 0.817. The summed E-state index contributed by atoms with van der Waals surface area (Å²) in [5.41, 5.74) is 0.897. The summed E-state index contributed by atoms with van der Waals surface area (Å²) < 4.78 is 5.82. The number of unbranched alkanes of at least 4 members (excludes halogenated alkanes) is 3. The zero-order chi connectivity index (χ0) is 13.5. The van der Waals surface area contributed by atoms with Crippen molar-refractivity contribution in [1.29, 1.82) is 0 Å². The summed E-state index contributed by atoms with van der Waals surface area (Å²) in [6.07, 6.45) is 4.77. The first-order chi connectivity index (χ1) is 9.36. The summed E-state index contributed by atoms with van der Waals surface area (Å²) >= 11 is 0. The van der Waals surface area contributed by atoms with Crippen LogP contribution >= 0.6 is 0 Å². The summed E-state index contributed by atoms with van der Waals surface area (Å²) in [4.78, 5) is 0. The first kappa shape index (κ1) is 13.9. The van der Waals surface area contributed by atoms with Crippen LogP contribution in [-0.2, 0) is 6.61 Å². The van der Waals surface area contributed by atoms with Gasteiger partial charge < -0.3 is 9.84 Å². The third-order valence-electron chi connectivity index (χ3n) is 3.41. The Morgan fingerprint density at radius 1 is 1.00 bits per heavy atom. The molecule has 0 fully saturated rings. The molecule has 2 nitrogen and oxygen atoms in total. The molecule has 0 aromatic heterocycles. The van der Waals surface area contributed by atoms with E-state index in [9.17, 15) is 5.11 Å². The standard InChI is InChI=1S/C17H22O2/c1-2-3-4-7-12-19-17-11-10-14-8-5-6-9-15(14)16(17)13-18/h5-6,8-11,18H,2-4,7,12-13H2,1H3. The maximum absolute atomic E-state index is 9.58. The van der Waals surface area contributed by atoms with Gasteiger partial charge in [-0.15, -0.1) is 0 Å². The second-order valence-electron chi connectivity index (χ2n) is 4.83. The Balaban J connectivity index is 2.10. The monoisotopic (exact) mass is 258 g/mol. The third-order valence-corrected chi connectivity index (χ3v) is 3.41. The fourth-order valence-electron chi connectivity index (χ4n) is 2.33. The Morgan fingerprint density at radius 2 is 1.84 bits per heavy atom. The summed E-state index contributed by atoms with van der Waals surface area (Å²) in [6.45, 7) is 2.95. The van der Waals surface area contributed by atoms with Crippen LogP contribution in [0.2, 0.25) is 0 Å². The van der Waals surface area contributed by atoms with E-state index in [0.29, 0.717) is 0 Å². The van der Waals surface area contributed by atoms with Gasteiger partial charge in [0, 0.05) is 5.56 Å². The lowest BCUT2D eigenvalue weighted by Gasteiger charge is -2.12. The second-order valence-corrected chi connectivity index (χ2v) is 4.83. The summed E-state index contributed by atoms with van der Waals surface area (Å²) in [6, 6.07) is 12.1. The average molecular weight is 258 g/mol. The molecule has 0 radical (unpaired) electrons. The fraction of sp³-hybridized carbons (Fsp3) is 0.412. The number of ether oxygens (including phenoxy) is 1. The molecular weight excluding hydrogens is 236 g/mol. The first-order valence-corrected chi connectivity index (χ1v) is 7.11. The van der Waals surface area contributed by atoms with E-state index in [1.807, 2.05) is 24.3 Å². The highest BCUT2D eigenvalue weighted by atomic mass is 16.5. The third kappa shape index (κ3) is 3.48. The van der Waals surface area contributed by atoms with Crippen LogP contribution in [-0.4, -0.2) is 11.7 Å². The molecule has 1 N–H and O–H groups in total. The Hall–Kier alpha value is -1.54. The van der Waals surface area contributed by atoms with Crippen molar-refractivity contribution in [3.05, 3.63) is 42.0 Å². The van der Waals surface area contributed by atoms with Crippen LogP contribution in [0.25, 0.3) is 10.8 Å². The Kier molecular flexibility index (Phi) is 5.22. The van der Waals surface area contributed by atoms with Gasteiger partial charge in [-0.1, -0.05) is 56.5 Å². The van der Waals surface area contributed by atoms with Gasteiger partial charge in [0.05, 0.1) is 13.2 Å². The van der Waals surface area contributed by atoms with Crippen LogP contribution in [0.1, 0.15) is 38.2 Å². The zero-order valence-electron chi connectivity index (χ0n) is 11.6. The average Bonchev–Trinajstić information content (AvgIpc) is 2.46. The van der Waals surface area contributed by atoms with Crippen molar-refractivity contribution in [2.75, 3.05) is 6.61 Å². The van der Waals surface area contributed by atoms with Gasteiger partial charge in [0.15, 0.2) is 0 Å². The minimum absolute atomic E-state index is 0.0195. The van der Waals surface area contributed by atoms with Crippen molar-refractivity contribution < 1.29 is 9.84 Å². The predicted molar refractivity (Wildman–Crippen MR) is 79.5 cm³/mol. The molecule has 19 heavy (non-hydrogen) atoms. The molecule has 0 aliphatic carbocycles. The lowest BCUT2D eigenvalue weighted by atomic mass is 10.0. The van der Waals surface area contributed by atoms with Crippen LogP contribution in [0.15, 0.2) is 36.4 Å². The molecule has 0 unspecified atom stereocenters. The molecule has 0 heterocycles. The van der Waals surface area contributed by atoms with E-state index < -0.39 is 0 Å². The number of benzene rings is 2. The van der Waals surface area contributed by atoms with Gasteiger partial charge >= 0.3 is 0 Å². The van der Waals surface area contributed by atoms with Crippen LogP contribution in [0.4, 0.5) is 0 Å². The fourth-order valence-corrected chi connectivity index (χ4v) is 2.33. The number of hydrogen-bond donors (Lipinski definition) is 1. The molecule has 0 aliphatic rings. The summed E-state index contributed by atoms with van der Waals surface area (Å²) in [7, 11) is 0. The molecule has 2 rings (SSSR count). The van der Waals surface area contributed by atoms with E-state index in [-0.39, 0.29) is 6.61 Å². The number of aliphatic hydroxyl groups excluding tert-OH is 1. The second kappa shape index (κ2) is 7.15. The highest BCUT2D eigenvalue weighted by molar-refractivity contribution is 5.87. The van der Waals surface area contributed by atoms with E-state index in [0.717, 1.165) is 35.1 Å². The minimum Gasteiger partial charge on any atom is -0.493 e. The maximum Gasteiger partial charge on any atom is 0.125 e. The van der Waals surface area contributed by atoms with Gasteiger partial charge in [-0.25, -0.2) is 0 Å². The SMILES string of the molecule is CCCCCCOc1ccc2ccccc2c1CO. The van der Waals surface area contributed by atoms with Crippen LogP contribution in [0.5, 0.6) is 5.75 Å². The minimum atomic E-state index is 0.0195. The number of aliphatic hydroxyl groups is 1. The molecule has 2 aromatic carbocycles. The molecule has 0 spiro atoms. The van der Waals surface area contributed by atoms with Gasteiger partial charge in [-0.05, 0) is 23.3 Å². The summed E-state index contributed by atoms with van der Waals surface area (Å²) in [5, 5.41) is 11.8. The van der Waals surface area contributed by atoms with E-state index in [1.165, 1.54) is 19.3 Å². The predicted octanol–water partition coefficient (Wildman–Crippen LogP) is 4.29. The van der Waals surface area contributed by atoms with Crippen molar-refractivity contribution in [2.45, 2.75) is 39.2 Å². The molecule has 0 saturated carbocycles. The van der Waals surface area contributed by atoms with Crippen LogP contribution in [0.3, 0.4) is 0 Å². The van der Waals surface area contributed by atoms with Gasteiger partial charge in [0.1, 0.15) is 5.75 Å². The quantitative estimate of drug-likeness (QED) is 0.751. The van der Waals surface area contributed by atoms with Gasteiger partial charge in [-0.2, -0.15) is 0 Å². The number of fused-ring (bicyclic) bond motifs is 1. The molecule has 0 saturated heterocycles. The van der Waals surface area contributed by atoms with E-state index in [2.05, 4.69) is 19.1 Å². The van der Waals surface area contributed by atoms with E-state index in [4.69, 9.17) is 4.74 Å². The van der Waals surface area contributed by atoms with Gasteiger partial charge in [0.25, 0.3) is 0 Å². The van der Waals surface area contributed by atoms with Crippen LogP contribution in [0, 0.1) is 0 Å². The maximum atomic E-state index is 9.58. The molecule has 0 aliphatic heterocycles. The molecule has 2 aromatic rings. The molecule has 2 heteroatoms. The molecule has 0 bridgehead atoms. The molecule has 102 valence electrons. The van der Waals surface area contributed by atoms with Crippen molar-refractivity contribution >= 4 is 10.8 Å². The lowest BCUT2D eigenvalue weighted by molar-refractivity contribution is 0.261. The van der Waals surface area contributed by atoms with Crippen molar-refractivity contribution in [3.8, 4) is 5.75 Å². The Morgan fingerprint density at radius 3 is 2.63 bits per heavy atom. The Bertz CT molecular complexity index is 520. The highest BCUT2D eigenvalue weighted by Gasteiger charge is 2.07. The zero-order valence-corrected chi connectivity index (χ0v) is 11.6. The topological polar surface area (TPSA) is 29.5 Å². The lowest BCUT2D eigenvalue weighted by Crippen LogP contribution is -2.01. The van der Waals surface area contributed by atoms with Gasteiger partial charge in [-0.3, -0.25) is 0 Å². The van der Waals surface area contributed by atoms with E-state index >= 15 is 0 Å². The Labute approximate surface area is 115 Å². The first-order valence-electron chi connectivity index (χ1n) is 7.11.